The second-order valence-electron chi connectivity index (χ2n) is 6.52. The zero-order valence-corrected chi connectivity index (χ0v) is 12.7. The highest BCUT2D eigenvalue weighted by Crippen LogP contribution is 2.50. The number of rotatable bonds is 4. The van der Waals surface area contributed by atoms with E-state index in [-0.39, 0.29) is 0 Å². The zero-order valence-electron chi connectivity index (χ0n) is 12.0. The number of benzene rings is 1. The lowest BCUT2D eigenvalue weighted by Gasteiger charge is -2.27. The first-order valence-corrected chi connectivity index (χ1v) is 7.98. The molecule has 4 unspecified atom stereocenters. The Kier molecular flexibility index (Phi) is 3.86. The van der Waals surface area contributed by atoms with Gasteiger partial charge in [-0.15, -0.1) is 0 Å². The van der Waals surface area contributed by atoms with Crippen molar-refractivity contribution in [2.45, 2.75) is 45.1 Å². The van der Waals surface area contributed by atoms with Crippen molar-refractivity contribution in [2.24, 2.45) is 17.8 Å². The monoisotopic (exact) mass is 277 g/mol. The predicted octanol–water partition coefficient (Wildman–Crippen LogP) is 4.74. The van der Waals surface area contributed by atoms with Crippen molar-refractivity contribution in [3.05, 3.63) is 34.3 Å². The third-order valence-corrected chi connectivity index (χ3v) is 5.78. The van der Waals surface area contributed by atoms with Crippen LogP contribution in [0.15, 0.2) is 18.2 Å². The van der Waals surface area contributed by atoms with Gasteiger partial charge in [-0.05, 0) is 74.6 Å². The van der Waals surface area contributed by atoms with Crippen molar-refractivity contribution in [1.82, 2.24) is 5.32 Å². The summed E-state index contributed by atoms with van der Waals surface area (Å²) in [6.07, 6.45) is 7.19. The molecule has 0 spiro atoms. The number of aryl methyl sites for hydroxylation is 1. The van der Waals surface area contributed by atoms with Gasteiger partial charge in [0.2, 0.25) is 0 Å². The number of hydrogen-bond donors (Lipinski definition) is 1. The van der Waals surface area contributed by atoms with Crippen LogP contribution in [0, 0.1) is 24.7 Å². The van der Waals surface area contributed by atoms with Gasteiger partial charge in [0, 0.05) is 11.1 Å². The largest absolute Gasteiger partial charge is 0.313 e. The number of nitrogens with one attached hydrogen (secondary N) is 1. The highest BCUT2D eigenvalue weighted by Gasteiger charge is 2.40. The summed E-state index contributed by atoms with van der Waals surface area (Å²) in [5.41, 5.74) is 2.51. The summed E-state index contributed by atoms with van der Waals surface area (Å²) >= 11 is 6.27. The van der Waals surface area contributed by atoms with Crippen molar-refractivity contribution in [3.8, 4) is 0 Å². The van der Waals surface area contributed by atoms with Crippen LogP contribution in [0.25, 0.3) is 0 Å². The topological polar surface area (TPSA) is 12.0 Å². The molecule has 19 heavy (non-hydrogen) atoms. The zero-order chi connectivity index (χ0) is 13.4. The van der Waals surface area contributed by atoms with E-state index in [0.717, 1.165) is 22.8 Å². The molecule has 1 aromatic rings. The maximum Gasteiger partial charge on any atom is 0.0438 e. The summed E-state index contributed by atoms with van der Waals surface area (Å²) in [6.45, 7) is 2.07. The molecule has 3 rings (SSSR count). The summed E-state index contributed by atoms with van der Waals surface area (Å²) < 4.78 is 0. The van der Waals surface area contributed by atoms with Gasteiger partial charge in [0.05, 0.1) is 0 Å². The van der Waals surface area contributed by atoms with Gasteiger partial charge in [-0.3, -0.25) is 0 Å². The van der Waals surface area contributed by atoms with Crippen LogP contribution in [-0.2, 0) is 0 Å². The molecule has 1 N–H and O–H groups in total. The molecule has 2 aliphatic rings. The molecule has 2 bridgehead atoms. The van der Waals surface area contributed by atoms with Crippen molar-refractivity contribution < 1.29 is 0 Å². The second kappa shape index (κ2) is 5.46. The summed E-state index contributed by atoms with van der Waals surface area (Å²) in [7, 11) is 2.08. The molecule has 0 heterocycles. The Balaban J connectivity index is 1.71. The lowest BCUT2D eigenvalue weighted by molar-refractivity contribution is 0.284. The van der Waals surface area contributed by atoms with Gasteiger partial charge in [0.25, 0.3) is 0 Å². The average Bonchev–Trinajstić information content (AvgIpc) is 3.01. The predicted molar refractivity (Wildman–Crippen MR) is 81.5 cm³/mol. The van der Waals surface area contributed by atoms with E-state index in [1.165, 1.54) is 43.2 Å². The van der Waals surface area contributed by atoms with Crippen molar-refractivity contribution in [3.63, 3.8) is 0 Å². The van der Waals surface area contributed by atoms with E-state index in [9.17, 15) is 0 Å². The minimum absolute atomic E-state index is 0.461. The van der Waals surface area contributed by atoms with Gasteiger partial charge in [0.1, 0.15) is 0 Å². The van der Waals surface area contributed by atoms with E-state index in [0.29, 0.717) is 6.04 Å². The van der Waals surface area contributed by atoms with Crippen LogP contribution in [0.2, 0.25) is 5.02 Å². The molecule has 4 atom stereocenters. The number of fused-ring (bicyclic) bond motifs is 2. The summed E-state index contributed by atoms with van der Waals surface area (Å²) in [5, 5.41) is 4.39. The summed E-state index contributed by atoms with van der Waals surface area (Å²) in [4.78, 5) is 0. The van der Waals surface area contributed by atoms with Crippen LogP contribution in [0.4, 0.5) is 0 Å². The third kappa shape index (κ3) is 2.68. The third-order valence-electron chi connectivity index (χ3n) is 5.37. The van der Waals surface area contributed by atoms with Gasteiger partial charge < -0.3 is 5.32 Å². The molecule has 104 valence electrons. The molecule has 0 radical (unpaired) electrons. The SMILES string of the molecule is CNC(CC1CC2CCC1C2)c1ccc(C)c(Cl)c1. The molecule has 1 nitrogen and oxygen atoms in total. The first kappa shape index (κ1) is 13.5. The van der Waals surface area contributed by atoms with Gasteiger partial charge >= 0.3 is 0 Å². The molecule has 2 heteroatoms. The smallest absolute Gasteiger partial charge is 0.0438 e. The van der Waals surface area contributed by atoms with Crippen molar-refractivity contribution in [2.75, 3.05) is 7.05 Å². The molecular formula is C17H24ClN. The van der Waals surface area contributed by atoms with Crippen molar-refractivity contribution >= 4 is 11.6 Å². The molecular weight excluding hydrogens is 254 g/mol. The van der Waals surface area contributed by atoms with Crippen LogP contribution in [-0.4, -0.2) is 7.05 Å². The Morgan fingerprint density at radius 2 is 2.16 bits per heavy atom. The highest BCUT2D eigenvalue weighted by atomic mass is 35.5. The standard InChI is InChI=1S/C17H24ClN/c1-11-3-5-14(9-16(11)18)17(19-2)10-15-8-12-4-6-13(15)7-12/h3,5,9,12-13,15,17,19H,4,6-8,10H2,1-2H3. The second-order valence-corrected chi connectivity index (χ2v) is 6.93. The number of halogens is 1. The molecule has 0 amide bonds. The van der Waals surface area contributed by atoms with E-state index in [4.69, 9.17) is 11.6 Å². The van der Waals surface area contributed by atoms with Gasteiger partial charge in [-0.1, -0.05) is 30.2 Å². The fourth-order valence-electron chi connectivity index (χ4n) is 4.21. The Hall–Kier alpha value is -0.530. The van der Waals surface area contributed by atoms with Gasteiger partial charge in [-0.2, -0.15) is 0 Å². The molecule has 0 saturated heterocycles. The van der Waals surface area contributed by atoms with E-state index >= 15 is 0 Å². The highest BCUT2D eigenvalue weighted by molar-refractivity contribution is 6.31. The molecule has 2 saturated carbocycles. The molecule has 0 aromatic heterocycles. The average molecular weight is 278 g/mol. The fraction of sp³-hybridized carbons (Fsp3) is 0.647. The Morgan fingerprint density at radius 1 is 1.32 bits per heavy atom. The van der Waals surface area contributed by atoms with E-state index < -0.39 is 0 Å². The van der Waals surface area contributed by atoms with Crippen LogP contribution in [0.3, 0.4) is 0 Å². The fourth-order valence-corrected chi connectivity index (χ4v) is 4.40. The minimum atomic E-state index is 0.461. The Labute approximate surface area is 121 Å². The molecule has 0 aliphatic heterocycles. The summed E-state index contributed by atoms with van der Waals surface area (Å²) in [6, 6.07) is 6.98. The van der Waals surface area contributed by atoms with E-state index in [1.807, 2.05) is 0 Å². The van der Waals surface area contributed by atoms with Crippen molar-refractivity contribution in [1.29, 1.82) is 0 Å². The van der Waals surface area contributed by atoms with Gasteiger partial charge in [0.15, 0.2) is 0 Å². The van der Waals surface area contributed by atoms with Crippen LogP contribution in [0.1, 0.15) is 49.3 Å². The lowest BCUT2D eigenvalue weighted by atomic mass is 9.82. The maximum absolute atomic E-state index is 6.27. The minimum Gasteiger partial charge on any atom is -0.313 e. The molecule has 2 aliphatic carbocycles. The van der Waals surface area contributed by atoms with Crippen LogP contribution >= 0.6 is 11.6 Å². The van der Waals surface area contributed by atoms with Crippen LogP contribution in [0.5, 0.6) is 0 Å². The quantitative estimate of drug-likeness (QED) is 0.839. The normalized spacial score (nSPS) is 30.8. The lowest BCUT2D eigenvalue weighted by Crippen LogP contribution is -2.22. The Bertz CT molecular complexity index is 457. The maximum atomic E-state index is 6.27. The first-order chi connectivity index (χ1) is 9.17. The molecule has 2 fully saturated rings. The van der Waals surface area contributed by atoms with E-state index in [1.54, 1.807) is 0 Å². The summed E-state index contributed by atoms with van der Waals surface area (Å²) in [5.74, 6) is 2.96. The van der Waals surface area contributed by atoms with Gasteiger partial charge in [-0.25, -0.2) is 0 Å². The number of hydrogen-bond acceptors (Lipinski definition) is 1. The van der Waals surface area contributed by atoms with Crippen LogP contribution < -0.4 is 5.32 Å². The first-order valence-electron chi connectivity index (χ1n) is 7.60. The van der Waals surface area contributed by atoms with E-state index in [2.05, 4.69) is 37.5 Å². The Morgan fingerprint density at radius 3 is 2.74 bits per heavy atom. The molecule has 1 aromatic carbocycles.